The lowest BCUT2D eigenvalue weighted by atomic mass is 10.2. The van der Waals surface area contributed by atoms with Crippen molar-refractivity contribution in [3.05, 3.63) is 33.8 Å². The van der Waals surface area contributed by atoms with Gasteiger partial charge in [-0.3, -0.25) is 4.79 Å². The molecule has 1 aromatic rings. The van der Waals surface area contributed by atoms with Gasteiger partial charge >= 0.3 is 5.97 Å². The number of ether oxygens (including phenoxy) is 1. The molecule has 1 aliphatic heterocycles. The van der Waals surface area contributed by atoms with Crippen LogP contribution in [-0.4, -0.2) is 68.5 Å². The molecule has 0 aliphatic carbocycles. The second kappa shape index (κ2) is 7.69. The molecular formula is C14H16Cl2N2O5S. The monoisotopic (exact) mass is 394 g/mol. The van der Waals surface area contributed by atoms with Crippen LogP contribution in [0.15, 0.2) is 18.2 Å². The quantitative estimate of drug-likeness (QED) is 0.717. The Hall–Kier alpha value is -1.35. The standard InChI is InChI=1S/C14H16Cl2N2O5S/c1-24(21,22)18-7-5-17(6-8-18)12(19)9-23-14(20)13-10(15)3-2-4-11(13)16/h2-4H,5-9H2,1H3. The van der Waals surface area contributed by atoms with Gasteiger partial charge in [0.15, 0.2) is 6.61 Å². The van der Waals surface area contributed by atoms with E-state index < -0.39 is 28.5 Å². The van der Waals surface area contributed by atoms with Crippen molar-refractivity contribution in [2.75, 3.05) is 39.0 Å². The van der Waals surface area contributed by atoms with E-state index in [4.69, 9.17) is 27.9 Å². The van der Waals surface area contributed by atoms with E-state index in [0.29, 0.717) is 0 Å². The van der Waals surface area contributed by atoms with Gasteiger partial charge in [-0.05, 0) is 12.1 Å². The van der Waals surface area contributed by atoms with Gasteiger partial charge in [0, 0.05) is 26.2 Å². The number of carbonyl (C=O) groups is 2. The maximum atomic E-state index is 12.1. The molecule has 0 spiro atoms. The third-order valence-electron chi connectivity index (χ3n) is 3.55. The first-order chi connectivity index (χ1) is 11.2. The molecule has 10 heteroatoms. The lowest BCUT2D eigenvalue weighted by Crippen LogP contribution is -2.51. The van der Waals surface area contributed by atoms with Gasteiger partial charge in [-0.25, -0.2) is 13.2 Å². The summed E-state index contributed by atoms with van der Waals surface area (Å²) in [5, 5.41) is 0.281. The number of hydrogen-bond acceptors (Lipinski definition) is 5. The average molecular weight is 395 g/mol. The van der Waals surface area contributed by atoms with Crippen molar-refractivity contribution in [2.24, 2.45) is 0 Å². The minimum absolute atomic E-state index is 0.00975. The lowest BCUT2D eigenvalue weighted by molar-refractivity contribution is -0.135. The Morgan fingerprint density at radius 2 is 1.67 bits per heavy atom. The van der Waals surface area contributed by atoms with Crippen molar-refractivity contribution in [3.63, 3.8) is 0 Å². The first-order valence-corrected chi connectivity index (χ1v) is 9.64. The Labute approximate surface area is 150 Å². The number of rotatable bonds is 4. The van der Waals surface area contributed by atoms with E-state index in [2.05, 4.69) is 0 Å². The van der Waals surface area contributed by atoms with E-state index in [-0.39, 0.29) is 41.8 Å². The molecule has 1 heterocycles. The molecule has 1 aromatic carbocycles. The van der Waals surface area contributed by atoms with E-state index in [9.17, 15) is 18.0 Å². The maximum absolute atomic E-state index is 12.1. The Morgan fingerprint density at radius 1 is 1.12 bits per heavy atom. The van der Waals surface area contributed by atoms with Crippen LogP contribution in [-0.2, 0) is 19.6 Å². The lowest BCUT2D eigenvalue weighted by Gasteiger charge is -2.33. The molecule has 2 rings (SSSR count). The zero-order valence-electron chi connectivity index (χ0n) is 12.9. The van der Waals surface area contributed by atoms with Gasteiger partial charge in [0.2, 0.25) is 10.0 Å². The Kier molecular flexibility index (Phi) is 6.08. The number of carbonyl (C=O) groups excluding carboxylic acids is 2. The van der Waals surface area contributed by atoms with Crippen LogP contribution in [0.2, 0.25) is 10.0 Å². The number of nitrogens with zero attached hydrogens (tertiary/aromatic N) is 2. The smallest absolute Gasteiger partial charge is 0.341 e. The highest BCUT2D eigenvalue weighted by Gasteiger charge is 2.27. The second-order valence-corrected chi connectivity index (χ2v) is 8.01. The van der Waals surface area contributed by atoms with Crippen LogP contribution in [0.25, 0.3) is 0 Å². The molecular weight excluding hydrogens is 379 g/mol. The second-order valence-electron chi connectivity index (χ2n) is 5.22. The van der Waals surface area contributed by atoms with Crippen LogP contribution in [0.3, 0.4) is 0 Å². The van der Waals surface area contributed by atoms with Gasteiger partial charge in [-0.2, -0.15) is 4.31 Å². The minimum atomic E-state index is -3.27. The number of benzene rings is 1. The van der Waals surface area contributed by atoms with Gasteiger partial charge in [-0.15, -0.1) is 0 Å². The van der Waals surface area contributed by atoms with Crippen LogP contribution >= 0.6 is 23.2 Å². The normalized spacial score (nSPS) is 16.0. The first-order valence-electron chi connectivity index (χ1n) is 7.04. The highest BCUT2D eigenvalue weighted by atomic mass is 35.5. The molecule has 1 aliphatic rings. The largest absolute Gasteiger partial charge is 0.452 e. The molecule has 0 N–H and O–H groups in total. The van der Waals surface area contributed by atoms with E-state index >= 15 is 0 Å². The fourth-order valence-electron chi connectivity index (χ4n) is 2.25. The maximum Gasteiger partial charge on any atom is 0.341 e. The minimum Gasteiger partial charge on any atom is -0.452 e. The Bertz CT molecular complexity index is 725. The molecule has 1 saturated heterocycles. The zero-order valence-corrected chi connectivity index (χ0v) is 15.2. The summed E-state index contributed by atoms with van der Waals surface area (Å²) in [7, 11) is -3.27. The number of hydrogen-bond donors (Lipinski definition) is 0. The van der Waals surface area contributed by atoms with Gasteiger partial charge in [0.1, 0.15) is 0 Å². The SMILES string of the molecule is CS(=O)(=O)N1CCN(C(=O)COC(=O)c2c(Cl)cccc2Cl)CC1. The van der Waals surface area contributed by atoms with Crippen molar-refractivity contribution in [3.8, 4) is 0 Å². The van der Waals surface area contributed by atoms with Crippen molar-refractivity contribution >= 4 is 45.1 Å². The first kappa shape index (κ1) is 19.0. The van der Waals surface area contributed by atoms with Crippen LogP contribution in [0.1, 0.15) is 10.4 Å². The highest BCUT2D eigenvalue weighted by Crippen LogP contribution is 2.24. The Balaban J connectivity index is 1.89. The summed E-state index contributed by atoms with van der Waals surface area (Å²) < 4.78 is 29.1. The predicted molar refractivity (Wildman–Crippen MR) is 89.7 cm³/mol. The van der Waals surface area contributed by atoms with Crippen molar-refractivity contribution in [1.29, 1.82) is 0 Å². The predicted octanol–water partition coefficient (Wildman–Crippen LogP) is 1.25. The molecule has 0 aromatic heterocycles. The fourth-order valence-corrected chi connectivity index (χ4v) is 3.63. The number of piperazine rings is 1. The van der Waals surface area contributed by atoms with Crippen LogP contribution in [0.4, 0.5) is 0 Å². The van der Waals surface area contributed by atoms with Gasteiger partial charge < -0.3 is 9.64 Å². The third-order valence-corrected chi connectivity index (χ3v) is 5.49. The molecule has 0 atom stereocenters. The summed E-state index contributed by atoms with van der Waals surface area (Å²) in [5.74, 6) is -1.19. The van der Waals surface area contributed by atoms with E-state index in [1.807, 2.05) is 0 Å². The van der Waals surface area contributed by atoms with Gasteiger partial charge in [0.25, 0.3) is 5.91 Å². The Morgan fingerprint density at radius 3 is 2.17 bits per heavy atom. The number of sulfonamides is 1. The van der Waals surface area contributed by atoms with Gasteiger partial charge in [0.05, 0.1) is 21.9 Å². The fraction of sp³-hybridized carbons (Fsp3) is 0.429. The summed E-state index contributed by atoms with van der Waals surface area (Å²) in [5.41, 5.74) is 0.00975. The summed E-state index contributed by atoms with van der Waals surface area (Å²) in [6.07, 6.45) is 1.12. The van der Waals surface area contributed by atoms with Crippen LogP contribution < -0.4 is 0 Å². The van der Waals surface area contributed by atoms with Crippen LogP contribution in [0.5, 0.6) is 0 Å². The van der Waals surface area contributed by atoms with Crippen LogP contribution in [0, 0.1) is 0 Å². The summed E-state index contributed by atoms with van der Waals surface area (Å²) >= 11 is 11.8. The highest BCUT2D eigenvalue weighted by molar-refractivity contribution is 7.88. The zero-order chi connectivity index (χ0) is 17.9. The molecule has 1 fully saturated rings. The topological polar surface area (TPSA) is 84.0 Å². The molecule has 0 unspecified atom stereocenters. The molecule has 132 valence electrons. The third kappa shape index (κ3) is 4.60. The van der Waals surface area contributed by atoms with E-state index in [1.54, 1.807) is 6.07 Å². The van der Waals surface area contributed by atoms with E-state index in [1.165, 1.54) is 21.3 Å². The molecule has 1 amide bonds. The summed E-state index contributed by atoms with van der Waals surface area (Å²) in [6, 6.07) is 4.58. The van der Waals surface area contributed by atoms with E-state index in [0.717, 1.165) is 6.26 Å². The number of amides is 1. The van der Waals surface area contributed by atoms with Crippen molar-refractivity contribution < 1.29 is 22.7 Å². The molecule has 7 nitrogen and oxygen atoms in total. The molecule has 0 saturated carbocycles. The molecule has 0 bridgehead atoms. The van der Waals surface area contributed by atoms with Crippen molar-refractivity contribution in [2.45, 2.75) is 0 Å². The van der Waals surface area contributed by atoms with Crippen molar-refractivity contribution in [1.82, 2.24) is 9.21 Å². The number of esters is 1. The molecule has 24 heavy (non-hydrogen) atoms. The summed E-state index contributed by atoms with van der Waals surface area (Å²) in [4.78, 5) is 25.5. The summed E-state index contributed by atoms with van der Waals surface area (Å²) in [6.45, 7) is 0.468. The molecule has 0 radical (unpaired) electrons. The number of halogens is 2. The average Bonchev–Trinajstić information content (AvgIpc) is 2.51. The van der Waals surface area contributed by atoms with Gasteiger partial charge in [-0.1, -0.05) is 29.3 Å².